The number of carbonyl (C=O) groups excluding carboxylic acids is 1. The fourth-order valence-electron chi connectivity index (χ4n) is 2.32. The van der Waals surface area contributed by atoms with E-state index in [-0.39, 0.29) is 22.4 Å². The van der Waals surface area contributed by atoms with E-state index in [1.54, 1.807) is 36.4 Å². The number of anilines is 2. The lowest BCUT2D eigenvalue weighted by atomic mass is 10.1. The Labute approximate surface area is 168 Å². The molecule has 8 nitrogen and oxygen atoms in total. The third-order valence-electron chi connectivity index (χ3n) is 3.80. The van der Waals surface area contributed by atoms with E-state index in [1.807, 2.05) is 6.07 Å². The summed E-state index contributed by atoms with van der Waals surface area (Å²) in [4.78, 5) is 12.1. The molecule has 0 fully saturated rings. The van der Waals surface area contributed by atoms with Gasteiger partial charge in [-0.05, 0) is 30.3 Å². The Morgan fingerprint density at radius 2 is 1.69 bits per heavy atom. The van der Waals surface area contributed by atoms with Crippen molar-refractivity contribution in [3.05, 3.63) is 84.6 Å². The van der Waals surface area contributed by atoms with Crippen LogP contribution in [-0.2, 0) is 10.0 Å². The molecule has 0 saturated carbocycles. The second kappa shape index (κ2) is 8.98. The lowest BCUT2D eigenvalue weighted by Crippen LogP contribution is -2.14. The molecule has 0 saturated heterocycles. The van der Waals surface area contributed by atoms with Crippen LogP contribution in [0.4, 0.5) is 11.5 Å². The third kappa shape index (κ3) is 5.39. The van der Waals surface area contributed by atoms with E-state index in [0.717, 1.165) is 0 Å². The van der Waals surface area contributed by atoms with E-state index in [0.29, 0.717) is 11.3 Å². The van der Waals surface area contributed by atoms with E-state index in [4.69, 9.17) is 4.74 Å². The van der Waals surface area contributed by atoms with Crippen molar-refractivity contribution in [1.29, 1.82) is 0 Å². The number of hydrogen-bond donors (Lipinski definition) is 2. The predicted octanol–water partition coefficient (Wildman–Crippen LogP) is 3.09. The monoisotopic (exact) mass is 410 g/mol. The highest BCUT2D eigenvalue weighted by molar-refractivity contribution is 7.92. The molecule has 2 N–H and O–H groups in total. The topological polar surface area (TPSA) is 110 Å². The lowest BCUT2D eigenvalue weighted by molar-refractivity contribution is 0.104. The fraction of sp³-hybridized carbons (Fsp3) is 0.0500. The first kappa shape index (κ1) is 20.0. The molecule has 0 radical (unpaired) electrons. The van der Waals surface area contributed by atoms with Gasteiger partial charge in [0.15, 0.2) is 11.6 Å². The summed E-state index contributed by atoms with van der Waals surface area (Å²) in [5.74, 6) is 0.222. The van der Waals surface area contributed by atoms with Gasteiger partial charge in [0.05, 0.1) is 12.0 Å². The van der Waals surface area contributed by atoms with E-state index in [2.05, 4.69) is 20.2 Å². The number of nitrogens with zero attached hydrogens (tertiary/aromatic N) is 2. The van der Waals surface area contributed by atoms with Crippen molar-refractivity contribution in [2.24, 2.45) is 0 Å². The first-order valence-corrected chi connectivity index (χ1v) is 9.99. The highest BCUT2D eigenvalue weighted by Crippen LogP contribution is 2.18. The Hall–Kier alpha value is -3.72. The highest BCUT2D eigenvalue weighted by atomic mass is 32.2. The average Bonchev–Trinajstić information content (AvgIpc) is 2.75. The van der Waals surface area contributed by atoms with Crippen molar-refractivity contribution in [3.8, 4) is 5.88 Å². The van der Waals surface area contributed by atoms with Crippen LogP contribution < -0.4 is 14.8 Å². The van der Waals surface area contributed by atoms with Crippen LogP contribution in [0, 0.1) is 0 Å². The molecular weight excluding hydrogens is 392 g/mol. The van der Waals surface area contributed by atoms with E-state index < -0.39 is 10.0 Å². The number of nitrogens with one attached hydrogen (secondary N) is 2. The van der Waals surface area contributed by atoms with Gasteiger partial charge >= 0.3 is 0 Å². The van der Waals surface area contributed by atoms with Gasteiger partial charge in [-0.2, -0.15) is 0 Å². The maximum absolute atomic E-state index is 12.4. The first-order chi connectivity index (χ1) is 14.0. The molecule has 2 aromatic carbocycles. The number of sulfonamides is 1. The lowest BCUT2D eigenvalue weighted by Gasteiger charge is -2.08. The van der Waals surface area contributed by atoms with Crippen LogP contribution >= 0.6 is 0 Å². The molecule has 0 bridgehead atoms. The van der Waals surface area contributed by atoms with Crippen LogP contribution in [0.5, 0.6) is 5.88 Å². The second-order valence-corrected chi connectivity index (χ2v) is 7.48. The zero-order chi connectivity index (χ0) is 20.7. The van der Waals surface area contributed by atoms with Crippen molar-refractivity contribution in [1.82, 2.24) is 10.2 Å². The Morgan fingerprint density at radius 1 is 0.966 bits per heavy atom. The van der Waals surface area contributed by atoms with Crippen molar-refractivity contribution >= 4 is 27.3 Å². The van der Waals surface area contributed by atoms with Gasteiger partial charge in [0.2, 0.25) is 5.88 Å². The van der Waals surface area contributed by atoms with Gasteiger partial charge < -0.3 is 10.1 Å². The summed E-state index contributed by atoms with van der Waals surface area (Å²) >= 11 is 0. The fourth-order valence-corrected chi connectivity index (χ4v) is 3.32. The summed E-state index contributed by atoms with van der Waals surface area (Å²) in [5, 5.41) is 10.4. The van der Waals surface area contributed by atoms with E-state index in [9.17, 15) is 13.2 Å². The average molecular weight is 410 g/mol. The normalized spacial score (nSPS) is 11.2. The minimum absolute atomic E-state index is 0.0602. The summed E-state index contributed by atoms with van der Waals surface area (Å²) in [5.41, 5.74) is 1.21. The van der Waals surface area contributed by atoms with Gasteiger partial charge in [0.1, 0.15) is 0 Å². The van der Waals surface area contributed by atoms with Crippen LogP contribution in [0.1, 0.15) is 10.4 Å². The quantitative estimate of drug-likeness (QED) is 0.434. The van der Waals surface area contributed by atoms with Gasteiger partial charge in [-0.15, -0.1) is 10.2 Å². The molecule has 1 aromatic heterocycles. The zero-order valence-electron chi connectivity index (χ0n) is 15.4. The molecule has 0 amide bonds. The Kier molecular flexibility index (Phi) is 6.20. The number of benzene rings is 2. The summed E-state index contributed by atoms with van der Waals surface area (Å²) in [7, 11) is -2.37. The number of rotatable bonds is 8. The molecule has 3 aromatic rings. The maximum Gasteiger partial charge on any atom is 0.263 e. The van der Waals surface area contributed by atoms with Crippen LogP contribution in [0.2, 0.25) is 0 Å². The van der Waals surface area contributed by atoms with Crippen LogP contribution in [0.3, 0.4) is 0 Å². The summed E-state index contributed by atoms with van der Waals surface area (Å²) in [6.45, 7) is 0. The summed E-state index contributed by atoms with van der Waals surface area (Å²) < 4.78 is 32.1. The number of ketones is 1. The second-order valence-electron chi connectivity index (χ2n) is 5.80. The molecule has 0 aliphatic rings. The minimum atomic E-state index is -3.81. The van der Waals surface area contributed by atoms with Gasteiger partial charge in [0.25, 0.3) is 10.0 Å². The Balaban J connectivity index is 1.62. The molecule has 1 heterocycles. The standard InChI is InChI=1S/C20H18N4O4S/c1-28-20-12-11-19(22-23-20)24-29(26,27)17-9-7-16(8-10-17)21-14-13-18(25)15-5-3-2-4-6-15/h2-14,21H,1H3,(H,22,24)/b14-13-. The molecule has 0 aliphatic heterocycles. The van der Waals surface area contributed by atoms with E-state index >= 15 is 0 Å². The van der Waals surface area contributed by atoms with Crippen molar-refractivity contribution in [2.75, 3.05) is 17.1 Å². The van der Waals surface area contributed by atoms with Gasteiger partial charge in [-0.25, -0.2) is 8.42 Å². The van der Waals surface area contributed by atoms with Crippen LogP contribution in [0.25, 0.3) is 0 Å². The largest absolute Gasteiger partial charge is 0.480 e. The maximum atomic E-state index is 12.4. The number of ether oxygens (including phenoxy) is 1. The molecule has 0 spiro atoms. The van der Waals surface area contributed by atoms with Gasteiger partial charge in [0, 0.05) is 29.6 Å². The summed E-state index contributed by atoms with van der Waals surface area (Å²) in [6, 6.07) is 17.9. The van der Waals surface area contributed by atoms with Gasteiger partial charge in [-0.3, -0.25) is 9.52 Å². The third-order valence-corrected chi connectivity index (χ3v) is 5.17. The number of hydrogen-bond acceptors (Lipinski definition) is 7. The number of allylic oxidation sites excluding steroid dienone is 1. The zero-order valence-corrected chi connectivity index (χ0v) is 16.3. The molecule has 3 rings (SSSR count). The Morgan fingerprint density at radius 3 is 2.31 bits per heavy atom. The molecule has 148 valence electrons. The summed E-state index contributed by atoms with van der Waals surface area (Å²) in [6.07, 6.45) is 2.91. The van der Waals surface area contributed by atoms with Crippen molar-refractivity contribution < 1.29 is 17.9 Å². The molecule has 29 heavy (non-hydrogen) atoms. The van der Waals surface area contributed by atoms with E-state index in [1.165, 1.54) is 43.7 Å². The smallest absolute Gasteiger partial charge is 0.263 e. The molecule has 0 aliphatic carbocycles. The Bertz CT molecular complexity index is 1100. The number of aromatic nitrogens is 2. The van der Waals surface area contributed by atoms with Gasteiger partial charge in [-0.1, -0.05) is 30.3 Å². The van der Waals surface area contributed by atoms with Crippen molar-refractivity contribution in [2.45, 2.75) is 4.90 Å². The highest BCUT2D eigenvalue weighted by Gasteiger charge is 2.15. The number of carbonyl (C=O) groups is 1. The van der Waals surface area contributed by atoms with Crippen molar-refractivity contribution in [3.63, 3.8) is 0 Å². The first-order valence-electron chi connectivity index (χ1n) is 8.51. The molecule has 9 heteroatoms. The number of methoxy groups -OCH3 is 1. The molecule has 0 atom stereocenters. The molecular formula is C20H18N4O4S. The molecule has 0 unspecified atom stereocenters. The van der Waals surface area contributed by atoms with Crippen LogP contribution in [-0.4, -0.2) is 31.5 Å². The SMILES string of the molecule is COc1ccc(NS(=O)(=O)c2ccc(N/C=C\C(=O)c3ccccc3)cc2)nn1. The minimum Gasteiger partial charge on any atom is -0.480 e. The van der Waals surface area contributed by atoms with Crippen LogP contribution in [0.15, 0.2) is 83.9 Å². The predicted molar refractivity (Wildman–Crippen MR) is 109 cm³/mol.